The van der Waals surface area contributed by atoms with Crippen molar-refractivity contribution in [2.45, 2.75) is 58.3 Å². The molecule has 7 heteroatoms. The minimum Gasteiger partial charge on any atom is -0.459 e. The molecular weight excluding hydrogens is 408 g/mol. The minimum atomic E-state index is -0.0258. The summed E-state index contributed by atoms with van der Waals surface area (Å²) in [6.45, 7) is 7.32. The highest BCUT2D eigenvalue weighted by molar-refractivity contribution is 7.19. The van der Waals surface area contributed by atoms with Crippen LogP contribution in [0.25, 0.3) is 10.2 Å². The van der Waals surface area contributed by atoms with E-state index in [2.05, 4.69) is 18.7 Å². The summed E-state index contributed by atoms with van der Waals surface area (Å²) in [5.74, 6) is 2.77. The average molecular weight is 439 g/mol. The number of anilines is 1. The molecule has 0 spiro atoms. The van der Waals surface area contributed by atoms with Crippen molar-refractivity contribution in [1.82, 2.24) is 14.9 Å². The van der Waals surface area contributed by atoms with Crippen LogP contribution in [0.5, 0.6) is 0 Å². The lowest BCUT2D eigenvalue weighted by Crippen LogP contribution is -2.49. The zero-order valence-corrected chi connectivity index (χ0v) is 19.2. The van der Waals surface area contributed by atoms with E-state index in [0.29, 0.717) is 24.8 Å². The predicted octanol–water partition coefficient (Wildman–Crippen LogP) is 5.03. The zero-order chi connectivity index (χ0) is 21.4. The number of carbonyl (C=O) groups excluding carboxylic acids is 1. The van der Waals surface area contributed by atoms with Crippen molar-refractivity contribution >= 4 is 33.3 Å². The van der Waals surface area contributed by atoms with Crippen LogP contribution < -0.4 is 4.90 Å². The van der Waals surface area contributed by atoms with Crippen LogP contribution >= 0.6 is 11.3 Å². The van der Waals surface area contributed by atoms with E-state index in [-0.39, 0.29) is 5.91 Å². The van der Waals surface area contributed by atoms with Crippen molar-refractivity contribution in [2.24, 2.45) is 0 Å². The summed E-state index contributed by atoms with van der Waals surface area (Å²) in [6.07, 6.45) is 8.70. The fourth-order valence-electron chi connectivity index (χ4n) is 4.64. The van der Waals surface area contributed by atoms with E-state index in [4.69, 9.17) is 14.4 Å². The van der Waals surface area contributed by atoms with Crippen LogP contribution in [0.1, 0.15) is 72.3 Å². The first-order chi connectivity index (χ1) is 15.2. The van der Waals surface area contributed by atoms with Gasteiger partial charge in [0, 0.05) is 37.0 Å². The molecule has 1 aliphatic carbocycles. The molecule has 1 aliphatic heterocycles. The maximum absolute atomic E-state index is 12.7. The number of carbonyl (C=O) groups is 1. The number of fused-ring (bicyclic) bond motifs is 3. The van der Waals surface area contributed by atoms with Gasteiger partial charge in [0.05, 0.1) is 11.6 Å². The number of amides is 1. The Bertz CT molecular complexity index is 1070. The lowest BCUT2D eigenvalue weighted by atomic mass is 10.1. The van der Waals surface area contributed by atoms with Crippen molar-refractivity contribution in [3.63, 3.8) is 0 Å². The molecule has 0 saturated carbocycles. The minimum absolute atomic E-state index is 0.0258. The summed E-state index contributed by atoms with van der Waals surface area (Å²) < 4.78 is 5.31. The number of thiophene rings is 1. The summed E-state index contributed by atoms with van der Waals surface area (Å²) in [5, 5.41) is 1.28. The quantitative estimate of drug-likeness (QED) is 0.535. The lowest BCUT2D eigenvalue weighted by Gasteiger charge is -2.35. The van der Waals surface area contributed by atoms with Gasteiger partial charge >= 0.3 is 0 Å². The number of aromatic nitrogens is 2. The molecule has 31 heavy (non-hydrogen) atoms. The van der Waals surface area contributed by atoms with Crippen LogP contribution in [0.2, 0.25) is 0 Å². The average Bonchev–Trinajstić information content (AvgIpc) is 3.40. The number of aryl methyl sites for hydroxylation is 2. The van der Waals surface area contributed by atoms with Crippen LogP contribution in [0, 0.1) is 0 Å². The van der Waals surface area contributed by atoms with Gasteiger partial charge in [0.15, 0.2) is 5.76 Å². The molecule has 1 amide bonds. The van der Waals surface area contributed by atoms with Gasteiger partial charge in [-0.1, -0.05) is 20.3 Å². The van der Waals surface area contributed by atoms with Crippen molar-refractivity contribution < 1.29 is 9.21 Å². The molecule has 1 fully saturated rings. The number of piperazine rings is 1. The van der Waals surface area contributed by atoms with E-state index >= 15 is 0 Å². The van der Waals surface area contributed by atoms with Gasteiger partial charge in [-0.05, 0) is 49.8 Å². The molecule has 0 bridgehead atoms. The summed E-state index contributed by atoms with van der Waals surface area (Å²) in [6, 6.07) is 3.50. The van der Waals surface area contributed by atoms with E-state index in [1.165, 1.54) is 41.5 Å². The lowest BCUT2D eigenvalue weighted by molar-refractivity contribution is 0.0714. The fraction of sp³-hybridized carbons (Fsp3) is 0.542. The maximum Gasteiger partial charge on any atom is 0.289 e. The molecular formula is C24H30N4O2S. The van der Waals surface area contributed by atoms with Gasteiger partial charge in [0.1, 0.15) is 16.5 Å². The molecule has 164 valence electrons. The van der Waals surface area contributed by atoms with E-state index in [9.17, 15) is 4.79 Å². The van der Waals surface area contributed by atoms with E-state index in [0.717, 1.165) is 42.4 Å². The second kappa shape index (κ2) is 8.61. The molecule has 1 saturated heterocycles. The van der Waals surface area contributed by atoms with Gasteiger partial charge in [-0.2, -0.15) is 0 Å². The normalized spacial score (nSPS) is 18.1. The molecule has 5 rings (SSSR count). The summed E-state index contributed by atoms with van der Waals surface area (Å²) in [5.41, 5.74) is 1.48. The first-order valence-electron chi connectivity index (χ1n) is 11.6. The molecule has 0 unspecified atom stereocenters. The molecule has 1 atom stereocenters. The van der Waals surface area contributed by atoms with Crippen molar-refractivity contribution in [3.8, 4) is 0 Å². The number of hydrogen-bond donors (Lipinski definition) is 0. The molecule has 2 aliphatic rings. The molecule has 0 N–H and O–H groups in total. The highest BCUT2D eigenvalue weighted by atomic mass is 32.1. The molecule has 0 radical (unpaired) electrons. The predicted molar refractivity (Wildman–Crippen MR) is 124 cm³/mol. The number of nitrogens with zero attached hydrogens (tertiary/aromatic N) is 4. The highest BCUT2D eigenvalue weighted by Gasteiger charge is 2.28. The molecule has 6 nitrogen and oxygen atoms in total. The Morgan fingerprint density at radius 2 is 1.97 bits per heavy atom. The SMILES string of the molecule is CC[C@H](C)c1nc(N2CCN(C(=O)c3ccco3)CC2)c2c3c(sc2n1)CCCCC3. The van der Waals surface area contributed by atoms with Crippen LogP contribution in [0.3, 0.4) is 0 Å². The van der Waals surface area contributed by atoms with E-state index in [1.807, 2.05) is 16.2 Å². The van der Waals surface area contributed by atoms with Gasteiger partial charge in [-0.3, -0.25) is 4.79 Å². The molecule has 3 aromatic heterocycles. The van der Waals surface area contributed by atoms with E-state index < -0.39 is 0 Å². The fourth-order valence-corrected chi connectivity index (χ4v) is 5.90. The monoisotopic (exact) mass is 438 g/mol. The van der Waals surface area contributed by atoms with E-state index in [1.54, 1.807) is 18.4 Å². The Morgan fingerprint density at radius 1 is 1.16 bits per heavy atom. The van der Waals surface area contributed by atoms with Crippen LogP contribution in [0.15, 0.2) is 22.8 Å². The number of hydrogen-bond acceptors (Lipinski definition) is 6. The maximum atomic E-state index is 12.7. The second-order valence-corrected chi connectivity index (χ2v) is 9.80. The topological polar surface area (TPSA) is 62.5 Å². The third kappa shape index (κ3) is 3.84. The Labute approximate surface area is 187 Å². The second-order valence-electron chi connectivity index (χ2n) is 8.72. The zero-order valence-electron chi connectivity index (χ0n) is 18.4. The van der Waals surface area contributed by atoms with Crippen LogP contribution in [0.4, 0.5) is 5.82 Å². The number of rotatable bonds is 4. The third-order valence-electron chi connectivity index (χ3n) is 6.71. The highest BCUT2D eigenvalue weighted by Crippen LogP contribution is 2.40. The van der Waals surface area contributed by atoms with Crippen LogP contribution in [-0.2, 0) is 12.8 Å². The summed E-state index contributed by atoms with van der Waals surface area (Å²) in [7, 11) is 0. The molecule has 4 heterocycles. The Hall–Kier alpha value is -2.41. The molecule has 0 aromatic carbocycles. The summed E-state index contributed by atoms with van der Waals surface area (Å²) >= 11 is 1.88. The van der Waals surface area contributed by atoms with Crippen LogP contribution in [-0.4, -0.2) is 47.0 Å². The first-order valence-corrected chi connectivity index (χ1v) is 12.4. The first kappa shape index (κ1) is 20.5. The standard InChI is InChI=1S/C24H30N4O2S/c1-3-16(2)21-25-22(20-17-8-5-4-6-10-19(17)31-23(20)26-21)27-11-13-28(14-12-27)24(29)18-9-7-15-30-18/h7,9,15-16H,3-6,8,10-14H2,1-2H3/t16-/m0/s1. The van der Waals surface area contributed by atoms with Crippen molar-refractivity contribution in [1.29, 1.82) is 0 Å². The Morgan fingerprint density at radius 3 is 2.71 bits per heavy atom. The smallest absolute Gasteiger partial charge is 0.289 e. The summed E-state index contributed by atoms with van der Waals surface area (Å²) in [4.78, 5) is 29.7. The van der Waals surface area contributed by atoms with Crippen molar-refractivity contribution in [2.75, 3.05) is 31.1 Å². The third-order valence-corrected chi connectivity index (χ3v) is 7.90. The van der Waals surface area contributed by atoms with Gasteiger partial charge in [-0.25, -0.2) is 9.97 Å². The Balaban J connectivity index is 1.48. The van der Waals surface area contributed by atoms with Gasteiger partial charge in [0.25, 0.3) is 5.91 Å². The number of furan rings is 1. The Kier molecular flexibility index (Phi) is 5.69. The van der Waals surface area contributed by atoms with Crippen molar-refractivity contribution in [3.05, 3.63) is 40.4 Å². The largest absolute Gasteiger partial charge is 0.459 e. The molecule has 3 aromatic rings. The van der Waals surface area contributed by atoms with Gasteiger partial charge in [0.2, 0.25) is 0 Å². The van der Waals surface area contributed by atoms with Gasteiger partial charge in [-0.15, -0.1) is 11.3 Å². The van der Waals surface area contributed by atoms with Gasteiger partial charge < -0.3 is 14.2 Å².